The summed E-state index contributed by atoms with van der Waals surface area (Å²) >= 11 is 0. The average molecular weight is 326 g/mol. The third kappa shape index (κ3) is 1.18. The molecule has 7 aliphatic rings. The van der Waals surface area contributed by atoms with E-state index in [0.29, 0.717) is 23.9 Å². The number of aliphatic hydroxyl groups excluding tert-OH is 2. The van der Waals surface area contributed by atoms with Gasteiger partial charge >= 0.3 is 0 Å². The van der Waals surface area contributed by atoms with Gasteiger partial charge in [-0.15, -0.1) is 0 Å². The number of hydrogen-bond acceptors (Lipinski definition) is 4. The van der Waals surface area contributed by atoms with Crippen molar-refractivity contribution in [1.29, 1.82) is 0 Å². The van der Waals surface area contributed by atoms with E-state index in [0.717, 1.165) is 19.3 Å². The number of benzene rings is 1. The fourth-order valence-corrected chi connectivity index (χ4v) is 7.80. The van der Waals surface area contributed by atoms with Crippen LogP contribution in [0.4, 0.5) is 5.69 Å². The van der Waals surface area contributed by atoms with Crippen LogP contribution in [0, 0.1) is 17.8 Å². The predicted octanol–water partition coefficient (Wildman–Crippen LogP) is 1.25. The molecule has 6 aliphatic heterocycles. The molecule has 10 atom stereocenters. The molecule has 128 valence electrons. The molecule has 1 aromatic rings. The molecule has 24 heavy (non-hydrogen) atoms. The monoisotopic (exact) mass is 326 g/mol. The van der Waals surface area contributed by atoms with Crippen LogP contribution in [0.1, 0.15) is 25.3 Å². The maximum Gasteiger partial charge on any atom is 0.0820 e. The predicted molar refractivity (Wildman–Crippen MR) is 91.9 cm³/mol. The lowest BCUT2D eigenvalue weighted by Crippen LogP contribution is -2.92. The van der Waals surface area contributed by atoms with Crippen molar-refractivity contribution in [2.45, 2.75) is 62.1 Å². The Morgan fingerprint density at radius 2 is 2.00 bits per heavy atom. The van der Waals surface area contributed by atoms with Gasteiger partial charge in [0.2, 0.25) is 0 Å². The molecule has 1 aromatic carbocycles. The SMILES string of the molecule is CC[C@H]1C2C[C@@H]3C4C(O)C5[C@H](Cc6ccccc6N4C)N3[C@]25[C@@H]1O. The van der Waals surface area contributed by atoms with E-state index in [1.807, 2.05) is 0 Å². The van der Waals surface area contributed by atoms with Crippen molar-refractivity contribution in [2.75, 3.05) is 11.9 Å². The molecule has 4 saturated heterocycles. The summed E-state index contributed by atoms with van der Waals surface area (Å²) in [4.78, 5) is 4.99. The van der Waals surface area contributed by atoms with Gasteiger partial charge in [0.05, 0.1) is 23.8 Å². The fourth-order valence-electron chi connectivity index (χ4n) is 7.80. The summed E-state index contributed by atoms with van der Waals surface area (Å²) in [5.41, 5.74) is 2.58. The molecule has 5 unspecified atom stereocenters. The van der Waals surface area contributed by atoms with Crippen LogP contribution in [0.25, 0.3) is 0 Å². The minimum Gasteiger partial charge on any atom is -0.391 e. The lowest BCUT2D eigenvalue weighted by Gasteiger charge is -2.77. The molecule has 6 heterocycles. The quantitative estimate of drug-likeness (QED) is 0.815. The topological polar surface area (TPSA) is 46.9 Å². The van der Waals surface area contributed by atoms with E-state index < -0.39 is 0 Å². The number of nitrogens with zero attached hydrogens (tertiary/aromatic N) is 2. The first kappa shape index (κ1) is 14.1. The maximum atomic E-state index is 11.3. The van der Waals surface area contributed by atoms with Crippen molar-refractivity contribution >= 4 is 5.69 Å². The molecule has 1 saturated carbocycles. The number of likely N-dealkylation sites (N-methyl/N-ethyl adjacent to an activating group) is 1. The highest BCUT2D eigenvalue weighted by Crippen LogP contribution is 2.73. The first-order valence-corrected chi connectivity index (χ1v) is 9.57. The molecule has 1 spiro atoms. The van der Waals surface area contributed by atoms with Gasteiger partial charge < -0.3 is 15.1 Å². The van der Waals surface area contributed by atoms with Gasteiger partial charge in [0.25, 0.3) is 0 Å². The molecule has 0 radical (unpaired) electrons. The van der Waals surface area contributed by atoms with Gasteiger partial charge in [0.15, 0.2) is 0 Å². The Labute approximate surface area is 143 Å². The van der Waals surface area contributed by atoms with Crippen LogP contribution in [0.3, 0.4) is 0 Å². The summed E-state index contributed by atoms with van der Waals surface area (Å²) in [7, 11) is 2.15. The average Bonchev–Trinajstić information content (AvgIpc) is 2.75. The highest BCUT2D eigenvalue weighted by atomic mass is 16.3. The smallest absolute Gasteiger partial charge is 0.0820 e. The Morgan fingerprint density at radius 1 is 1.21 bits per heavy atom. The second-order valence-electron chi connectivity index (χ2n) is 8.74. The Hall–Kier alpha value is -1.10. The number of rotatable bonds is 1. The van der Waals surface area contributed by atoms with Gasteiger partial charge in [-0.2, -0.15) is 0 Å². The summed E-state index contributed by atoms with van der Waals surface area (Å²) < 4.78 is 0. The van der Waals surface area contributed by atoms with Gasteiger partial charge in [-0.05, 0) is 36.3 Å². The molecule has 8 rings (SSSR count). The van der Waals surface area contributed by atoms with Crippen LogP contribution in [-0.4, -0.2) is 58.0 Å². The van der Waals surface area contributed by atoms with Crippen molar-refractivity contribution in [2.24, 2.45) is 17.8 Å². The normalized spacial score (nSPS) is 55.8. The zero-order valence-corrected chi connectivity index (χ0v) is 14.3. The van der Waals surface area contributed by atoms with E-state index in [9.17, 15) is 10.2 Å². The van der Waals surface area contributed by atoms with E-state index in [-0.39, 0.29) is 29.7 Å². The van der Waals surface area contributed by atoms with E-state index in [2.05, 4.69) is 48.0 Å². The van der Waals surface area contributed by atoms with Crippen molar-refractivity contribution in [3.8, 4) is 0 Å². The second kappa shape index (κ2) is 4.17. The summed E-state index contributed by atoms with van der Waals surface area (Å²) in [6.07, 6.45) is 2.65. The first-order chi connectivity index (χ1) is 11.6. The van der Waals surface area contributed by atoms with Crippen LogP contribution < -0.4 is 4.90 Å². The third-order valence-electron chi connectivity index (χ3n) is 8.43. The standard InChI is InChI=1S/C20H26N2O2/c1-3-11-12-9-15-17-18(23)16-14(22(15)20(12,16)19(11)24)8-10-6-4-5-7-13(10)21(17)2/h4-7,11-12,14-19,23-24H,3,8-9H2,1-2H3/t11-,12?,14-,15+,16?,17?,18?,19+,20+/m0/s1. The molecular formula is C20H26N2O2. The highest BCUT2D eigenvalue weighted by Gasteiger charge is 2.85. The Morgan fingerprint density at radius 3 is 2.79 bits per heavy atom. The number of piperidine rings is 2. The highest BCUT2D eigenvalue weighted by molar-refractivity contribution is 5.58. The van der Waals surface area contributed by atoms with E-state index in [4.69, 9.17) is 0 Å². The Kier molecular flexibility index (Phi) is 2.45. The zero-order valence-electron chi connectivity index (χ0n) is 14.3. The molecule has 0 amide bonds. The largest absolute Gasteiger partial charge is 0.391 e. The van der Waals surface area contributed by atoms with Crippen molar-refractivity contribution in [1.82, 2.24) is 4.90 Å². The van der Waals surface area contributed by atoms with Crippen molar-refractivity contribution in [3.05, 3.63) is 29.8 Å². The van der Waals surface area contributed by atoms with Crippen LogP contribution in [0.2, 0.25) is 0 Å². The number of hydrogen-bond donors (Lipinski definition) is 2. The molecule has 0 aromatic heterocycles. The lowest BCUT2D eigenvalue weighted by molar-refractivity contribution is -0.320. The number of aliphatic hydroxyl groups is 2. The molecule has 5 fully saturated rings. The fraction of sp³-hybridized carbons (Fsp3) is 0.700. The maximum absolute atomic E-state index is 11.3. The van der Waals surface area contributed by atoms with E-state index >= 15 is 0 Å². The van der Waals surface area contributed by atoms with Crippen molar-refractivity contribution < 1.29 is 10.2 Å². The summed E-state index contributed by atoms with van der Waals surface area (Å²) in [5.74, 6) is 1.25. The van der Waals surface area contributed by atoms with Gasteiger partial charge in [-0.3, -0.25) is 4.90 Å². The van der Waals surface area contributed by atoms with E-state index in [1.165, 1.54) is 11.3 Å². The number of para-hydroxylation sites is 1. The van der Waals surface area contributed by atoms with Crippen molar-refractivity contribution in [3.63, 3.8) is 0 Å². The Balaban J connectivity index is 1.51. The minimum absolute atomic E-state index is 0.0982. The molecule has 2 N–H and O–H groups in total. The lowest BCUT2D eigenvalue weighted by atomic mass is 9.44. The molecule has 4 nitrogen and oxygen atoms in total. The van der Waals surface area contributed by atoms with Gasteiger partial charge in [-0.25, -0.2) is 0 Å². The molecule has 6 bridgehead atoms. The second-order valence-corrected chi connectivity index (χ2v) is 8.74. The van der Waals surface area contributed by atoms with Crippen LogP contribution in [0.15, 0.2) is 24.3 Å². The summed E-state index contributed by atoms with van der Waals surface area (Å²) in [6, 6.07) is 9.64. The molecular weight excluding hydrogens is 300 g/mol. The molecule has 1 aliphatic carbocycles. The number of anilines is 1. The van der Waals surface area contributed by atoms with Crippen LogP contribution in [0.5, 0.6) is 0 Å². The minimum atomic E-state index is -0.319. The van der Waals surface area contributed by atoms with Gasteiger partial charge in [-0.1, -0.05) is 31.5 Å². The zero-order chi connectivity index (χ0) is 16.4. The first-order valence-electron chi connectivity index (χ1n) is 9.57. The van der Waals surface area contributed by atoms with Gasteiger partial charge in [0, 0.05) is 30.7 Å². The van der Waals surface area contributed by atoms with Gasteiger partial charge in [0.1, 0.15) is 0 Å². The van der Waals surface area contributed by atoms with Crippen LogP contribution in [-0.2, 0) is 6.42 Å². The van der Waals surface area contributed by atoms with E-state index in [1.54, 1.807) is 0 Å². The Bertz CT molecular complexity index is 723. The summed E-state index contributed by atoms with van der Waals surface area (Å²) in [5, 5.41) is 22.3. The third-order valence-corrected chi connectivity index (χ3v) is 8.43. The summed E-state index contributed by atoms with van der Waals surface area (Å²) in [6.45, 7) is 2.20. The molecule has 4 heteroatoms. The van der Waals surface area contributed by atoms with Crippen LogP contribution >= 0.6 is 0 Å².